The summed E-state index contributed by atoms with van der Waals surface area (Å²) in [7, 11) is -1.85. The minimum Gasteiger partial charge on any atom is -0.493 e. The van der Waals surface area contributed by atoms with Crippen LogP contribution in [0.3, 0.4) is 0 Å². The van der Waals surface area contributed by atoms with E-state index < -0.39 is 28.1 Å². The monoisotopic (exact) mass is 508 g/mol. The number of alkyl carbamates (subject to hydrolysis) is 1. The van der Waals surface area contributed by atoms with Gasteiger partial charge >= 0.3 is 16.2 Å². The number of nitrogens with one attached hydrogen (secondary N) is 2. The first-order valence-electron chi connectivity index (χ1n) is 10.3. The Bertz CT molecular complexity index is 1180. The predicted octanol–water partition coefficient (Wildman–Crippen LogP) is 2.38. The summed E-state index contributed by atoms with van der Waals surface area (Å²) in [6, 6.07) is 9.86. The first kappa shape index (κ1) is 27.4. The lowest BCUT2D eigenvalue weighted by Gasteiger charge is -2.13. The fourth-order valence-corrected chi connectivity index (χ4v) is 3.49. The highest BCUT2D eigenvalue weighted by Gasteiger charge is 2.20. The molecule has 0 saturated carbocycles. The number of carbonyl (C=O) groups excluding carboxylic acids is 2. The first-order chi connectivity index (χ1) is 16.5. The predicted molar refractivity (Wildman–Crippen MR) is 128 cm³/mol. The van der Waals surface area contributed by atoms with E-state index in [9.17, 15) is 18.0 Å². The molecule has 0 heterocycles. The molecule has 35 heavy (non-hydrogen) atoms. The second kappa shape index (κ2) is 12.6. The van der Waals surface area contributed by atoms with Crippen molar-refractivity contribution in [1.82, 2.24) is 5.32 Å². The molecule has 0 bridgehead atoms. The Hall–Kier alpha value is -3.84. The molecule has 0 radical (unpaired) electrons. The average Bonchev–Trinajstić information content (AvgIpc) is 2.78. The van der Waals surface area contributed by atoms with Crippen LogP contribution in [0.15, 0.2) is 52.4 Å². The summed E-state index contributed by atoms with van der Waals surface area (Å²) < 4.78 is 46.0. The standard InChI is InChI=1S/C22H28N4O8S/c1-14(2)12-33-15-6-5-7-16(10-15)34-35(29,30)17-8-9-18(24-20(27)13-31-3)19(11-17)25-21(23)26-22(28)32-4/h5-11,14H,12-13H2,1-4H3,(H,24,27)(H3,23,25,26,28). The minimum atomic E-state index is -4.32. The molecular weight excluding hydrogens is 480 g/mol. The van der Waals surface area contributed by atoms with E-state index in [1.807, 2.05) is 13.8 Å². The van der Waals surface area contributed by atoms with Crippen LogP contribution in [-0.4, -0.2) is 53.8 Å². The molecule has 0 fully saturated rings. The number of anilines is 1. The lowest BCUT2D eigenvalue weighted by atomic mass is 10.2. The van der Waals surface area contributed by atoms with Gasteiger partial charge in [-0.25, -0.2) is 9.79 Å². The number of benzene rings is 2. The van der Waals surface area contributed by atoms with Crippen molar-refractivity contribution in [2.75, 3.05) is 32.8 Å². The number of amides is 2. The van der Waals surface area contributed by atoms with Gasteiger partial charge in [0, 0.05) is 13.2 Å². The van der Waals surface area contributed by atoms with Gasteiger partial charge in [0.15, 0.2) is 0 Å². The molecule has 2 amide bonds. The normalized spacial score (nSPS) is 11.6. The van der Waals surface area contributed by atoms with Gasteiger partial charge in [-0.15, -0.1) is 0 Å². The second-order valence-electron chi connectivity index (χ2n) is 7.49. The van der Waals surface area contributed by atoms with E-state index >= 15 is 0 Å². The van der Waals surface area contributed by atoms with E-state index in [1.54, 1.807) is 12.1 Å². The van der Waals surface area contributed by atoms with Crippen LogP contribution < -0.4 is 25.3 Å². The molecule has 0 aliphatic carbocycles. The summed E-state index contributed by atoms with van der Waals surface area (Å²) >= 11 is 0. The number of aliphatic imine (C=N–C) groups is 1. The van der Waals surface area contributed by atoms with Gasteiger partial charge < -0.3 is 29.4 Å². The Morgan fingerprint density at radius 2 is 1.80 bits per heavy atom. The number of nitrogens with two attached hydrogens (primary N) is 1. The Morgan fingerprint density at radius 3 is 2.46 bits per heavy atom. The molecular formula is C22H28N4O8S. The van der Waals surface area contributed by atoms with Crippen LogP contribution in [0.2, 0.25) is 0 Å². The van der Waals surface area contributed by atoms with Crippen molar-refractivity contribution >= 4 is 39.5 Å². The largest absolute Gasteiger partial charge is 0.493 e. The van der Waals surface area contributed by atoms with Crippen molar-refractivity contribution in [1.29, 1.82) is 0 Å². The van der Waals surface area contributed by atoms with Crippen LogP contribution in [-0.2, 0) is 24.4 Å². The summed E-state index contributed by atoms with van der Waals surface area (Å²) in [4.78, 5) is 27.1. The Balaban J connectivity index is 2.38. The molecule has 2 aromatic rings. The summed E-state index contributed by atoms with van der Waals surface area (Å²) in [6.07, 6.45) is -0.886. The maximum atomic E-state index is 12.9. The summed E-state index contributed by atoms with van der Waals surface area (Å²) in [6.45, 7) is 4.17. The van der Waals surface area contributed by atoms with Gasteiger partial charge in [0.1, 0.15) is 23.0 Å². The molecule has 13 heteroatoms. The number of nitrogens with zero attached hydrogens (tertiary/aromatic N) is 1. The fourth-order valence-electron chi connectivity index (χ4n) is 2.55. The molecule has 2 aromatic carbocycles. The zero-order valence-corrected chi connectivity index (χ0v) is 20.5. The van der Waals surface area contributed by atoms with E-state index in [0.717, 1.165) is 13.2 Å². The van der Waals surface area contributed by atoms with Gasteiger partial charge in [-0.05, 0) is 36.2 Å². The quantitative estimate of drug-likeness (QED) is 0.248. The fraction of sp³-hybridized carbons (Fsp3) is 0.318. The number of ether oxygens (including phenoxy) is 3. The third kappa shape index (κ3) is 8.79. The number of carbonyl (C=O) groups is 2. The number of hydrogen-bond acceptors (Lipinski definition) is 9. The van der Waals surface area contributed by atoms with Crippen molar-refractivity contribution in [2.45, 2.75) is 18.7 Å². The molecule has 0 spiro atoms. The molecule has 0 unspecified atom stereocenters. The Kier molecular flexibility index (Phi) is 9.85. The number of methoxy groups -OCH3 is 2. The van der Waals surface area contributed by atoms with Crippen molar-refractivity contribution < 1.29 is 36.4 Å². The van der Waals surface area contributed by atoms with Gasteiger partial charge in [-0.1, -0.05) is 19.9 Å². The molecule has 4 N–H and O–H groups in total. The minimum absolute atomic E-state index is 0.0423. The third-order valence-corrected chi connectivity index (χ3v) is 5.30. The van der Waals surface area contributed by atoms with Gasteiger partial charge in [-0.3, -0.25) is 10.1 Å². The van der Waals surface area contributed by atoms with Gasteiger partial charge in [0.05, 0.1) is 25.1 Å². The highest BCUT2D eigenvalue weighted by molar-refractivity contribution is 7.87. The van der Waals surface area contributed by atoms with Crippen LogP contribution in [0.25, 0.3) is 0 Å². The highest BCUT2D eigenvalue weighted by atomic mass is 32.2. The van der Waals surface area contributed by atoms with E-state index in [1.165, 1.54) is 31.4 Å². The molecule has 0 aliphatic heterocycles. The van der Waals surface area contributed by atoms with Crippen LogP contribution in [0.5, 0.6) is 11.5 Å². The first-order valence-corrected chi connectivity index (χ1v) is 11.7. The summed E-state index contributed by atoms with van der Waals surface area (Å²) in [5.74, 6) is -0.139. The van der Waals surface area contributed by atoms with Crippen LogP contribution >= 0.6 is 0 Å². The van der Waals surface area contributed by atoms with Gasteiger partial charge in [-0.2, -0.15) is 8.42 Å². The summed E-state index contributed by atoms with van der Waals surface area (Å²) in [5, 5.41) is 4.66. The number of hydrogen-bond donors (Lipinski definition) is 3. The van der Waals surface area contributed by atoms with Crippen LogP contribution in [0.4, 0.5) is 16.2 Å². The van der Waals surface area contributed by atoms with Crippen molar-refractivity contribution in [2.24, 2.45) is 16.6 Å². The smallest absolute Gasteiger partial charge is 0.413 e. The Labute approximate surface area is 203 Å². The molecule has 12 nitrogen and oxygen atoms in total. The van der Waals surface area contributed by atoms with Crippen molar-refractivity contribution in [3.8, 4) is 11.5 Å². The maximum Gasteiger partial charge on any atom is 0.413 e. The molecule has 0 aromatic heterocycles. The second-order valence-corrected chi connectivity index (χ2v) is 9.04. The number of rotatable bonds is 10. The van der Waals surface area contributed by atoms with E-state index in [-0.39, 0.29) is 34.5 Å². The third-order valence-electron chi connectivity index (χ3n) is 4.06. The lowest BCUT2D eigenvalue weighted by molar-refractivity contribution is -0.119. The van der Waals surface area contributed by atoms with Gasteiger partial charge in [0.2, 0.25) is 11.9 Å². The van der Waals surface area contributed by atoms with E-state index in [4.69, 9.17) is 19.4 Å². The zero-order chi connectivity index (χ0) is 26.0. The molecule has 2 rings (SSSR count). The van der Waals surface area contributed by atoms with Crippen LogP contribution in [0.1, 0.15) is 13.8 Å². The summed E-state index contributed by atoms with van der Waals surface area (Å²) in [5.41, 5.74) is 5.74. The van der Waals surface area contributed by atoms with Crippen LogP contribution in [0, 0.1) is 5.92 Å². The molecule has 0 atom stereocenters. The average molecular weight is 509 g/mol. The molecule has 0 aliphatic rings. The lowest BCUT2D eigenvalue weighted by Crippen LogP contribution is -2.36. The zero-order valence-electron chi connectivity index (χ0n) is 19.7. The Morgan fingerprint density at radius 1 is 1.09 bits per heavy atom. The van der Waals surface area contributed by atoms with E-state index in [2.05, 4.69) is 20.4 Å². The van der Waals surface area contributed by atoms with Crippen molar-refractivity contribution in [3.05, 3.63) is 42.5 Å². The molecule has 190 valence electrons. The van der Waals surface area contributed by atoms with E-state index in [0.29, 0.717) is 12.4 Å². The topological polar surface area (TPSA) is 168 Å². The van der Waals surface area contributed by atoms with Gasteiger partial charge in [0.25, 0.3) is 0 Å². The highest BCUT2D eigenvalue weighted by Crippen LogP contribution is 2.30. The number of guanidine groups is 1. The SMILES string of the molecule is COCC(=O)Nc1ccc(S(=O)(=O)Oc2cccc(OCC(C)C)c2)cc1N=C(N)NC(=O)OC. The van der Waals surface area contributed by atoms with Crippen molar-refractivity contribution in [3.63, 3.8) is 0 Å². The maximum absolute atomic E-state index is 12.9. The molecule has 0 saturated heterocycles.